The zero-order valence-electron chi connectivity index (χ0n) is 15.0. The number of nitrogens with zero attached hydrogens (tertiary/aromatic N) is 2. The van der Waals surface area contributed by atoms with Gasteiger partial charge < -0.3 is 5.32 Å². The molecule has 1 aliphatic heterocycles. The number of hydrogen-bond acceptors (Lipinski definition) is 5. The fourth-order valence-electron chi connectivity index (χ4n) is 3.12. The minimum absolute atomic E-state index is 0.0890. The molecular weight excluding hydrogens is 364 g/mol. The molecule has 0 spiro atoms. The number of carbonyl (C=O) groups excluding carboxylic acids is 3. The van der Waals surface area contributed by atoms with Crippen LogP contribution in [0.15, 0.2) is 54.6 Å². The topological polar surface area (TPSA) is 122 Å². The number of non-ortho nitro benzene ring substituents is 1. The van der Waals surface area contributed by atoms with Crippen molar-refractivity contribution in [2.24, 2.45) is 0 Å². The summed E-state index contributed by atoms with van der Waals surface area (Å²) >= 11 is 0. The number of nitro benzene ring substituents is 1. The number of benzene rings is 2. The molecule has 28 heavy (non-hydrogen) atoms. The van der Waals surface area contributed by atoms with Gasteiger partial charge in [0.15, 0.2) is 0 Å². The molecule has 0 bridgehead atoms. The molecule has 0 aliphatic carbocycles. The Bertz CT molecular complexity index is 929. The summed E-state index contributed by atoms with van der Waals surface area (Å²) in [5, 5.41) is 14.0. The van der Waals surface area contributed by atoms with Crippen LogP contribution in [0.4, 0.5) is 10.5 Å². The fraction of sp³-hybridized carbons (Fsp3) is 0.211. The summed E-state index contributed by atoms with van der Waals surface area (Å²) in [7, 11) is 0. The molecule has 2 aromatic carbocycles. The lowest BCUT2D eigenvalue weighted by Crippen LogP contribution is -2.49. The molecule has 1 heterocycles. The molecule has 1 atom stereocenters. The highest BCUT2D eigenvalue weighted by atomic mass is 16.6. The maximum atomic E-state index is 12.9. The largest absolute Gasteiger partial charge is 0.344 e. The Morgan fingerprint density at radius 2 is 1.79 bits per heavy atom. The van der Waals surface area contributed by atoms with Crippen LogP contribution in [0.1, 0.15) is 24.5 Å². The van der Waals surface area contributed by atoms with Gasteiger partial charge in [0.05, 0.1) is 11.3 Å². The van der Waals surface area contributed by atoms with Gasteiger partial charge in [-0.25, -0.2) is 4.79 Å². The lowest BCUT2D eigenvalue weighted by Gasteiger charge is -2.25. The molecule has 0 saturated carbocycles. The van der Waals surface area contributed by atoms with Gasteiger partial charge in [0.1, 0.15) is 5.54 Å². The van der Waals surface area contributed by atoms with Crippen molar-refractivity contribution in [3.63, 3.8) is 0 Å². The number of hydrazine groups is 1. The second kappa shape index (κ2) is 7.47. The van der Waals surface area contributed by atoms with E-state index in [9.17, 15) is 24.5 Å². The molecule has 0 radical (unpaired) electrons. The van der Waals surface area contributed by atoms with E-state index in [1.54, 1.807) is 37.3 Å². The first-order chi connectivity index (χ1) is 13.4. The molecule has 4 amide bonds. The smallest absolute Gasteiger partial charge is 0.318 e. The van der Waals surface area contributed by atoms with E-state index in [0.717, 1.165) is 0 Å². The molecule has 9 nitrogen and oxygen atoms in total. The summed E-state index contributed by atoms with van der Waals surface area (Å²) in [4.78, 5) is 47.7. The SMILES string of the molecule is CC[C@]1(c2ccccc2)NC(=O)N(NC(=O)Cc2ccc([N+](=O)[O-])cc2)C1=O. The van der Waals surface area contributed by atoms with Crippen LogP contribution in [0.2, 0.25) is 0 Å². The summed E-state index contributed by atoms with van der Waals surface area (Å²) in [5.41, 5.74) is 2.14. The molecule has 1 saturated heterocycles. The van der Waals surface area contributed by atoms with Crippen LogP contribution in [0.25, 0.3) is 0 Å². The van der Waals surface area contributed by atoms with Gasteiger partial charge in [0, 0.05) is 12.1 Å². The first-order valence-corrected chi connectivity index (χ1v) is 8.62. The van der Waals surface area contributed by atoms with Crippen LogP contribution < -0.4 is 10.7 Å². The van der Waals surface area contributed by atoms with Gasteiger partial charge in [-0.15, -0.1) is 0 Å². The van der Waals surface area contributed by atoms with Crippen molar-refractivity contribution in [3.8, 4) is 0 Å². The minimum atomic E-state index is -1.24. The Balaban J connectivity index is 1.73. The van der Waals surface area contributed by atoms with Crippen LogP contribution in [0.5, 0.6) is 0 Å². The average Bonchev–Trinajstić information content (AvgIpc) is 2.94. The Hall–Kier alpha value is -3.75. The summed E-state index contributed by atoms with van der Waals surface area (Å²) in [6.45, 7) is 1.77. The van der Waals surface area contributed by atoms with Crippen LogP contribution >= 0.6 is 0 Å². The third-order valence-corrected chi connectivity index (χ3v) is 4.64. The van der Waals surface area contributed by atoms with Gasteiger partial charge >= 0.3 is 6.03 Å². The highest BCUT2D eigenvalue weighted by molar-refractivity contribution is 6.08. The number of amides is 4. The van der Waals surface area contributed by atoms with Crippen LogP contribution in [-0.2, 0) is 21.5 Å². The first kappa shape index (κ1) is 19.0. The predicted molar refractivity (Wildman–Crippen MR) is 98.7 cm³/mol. The maximum Gasteiger partial charge on any atom is 0.344 e. The standard InChI is InChI=1S/C19H18N4O5/c1-2-19(14-6-4-3-5-7-14)17(25)22(18(26)20-19)21-16(24)12-13-8-10-15(11-9-13)23(27)28/h3-11H,2,12H2,1H3,(H,20,26)(H,21,24)/t19-/m1/s1. The number of hydrogen-bond donors (Lipinski definition) is 2. The van der Waals surface area contributed by atoms with Crippen molar-refractivity contribution in [2.45, 2.75) is 25.3 Å². The van der Waals surface area contributed by atoms with Crippen LogP contribution in [-0.4, -0.2) is 27.8 Å². The van der Waals surface area contributed by atoms with E-state index in [0.29, 0.717) is 22.6 Å². The molecule has 0 unspecified atom stereocenters. The van der Waals surface area contributed by atoms with Crippen LogP contribution in [0, 0.1) is 10.1 Å². The number of carbonyl (C=O) groups is 3. The van der Waals surface area contributed by atoms with E-state index in [4.69, 9.17) is 0 Å². The zero-order valence-corrected chi connectivity index (χ0v) is 15.0. The van der Waals surface area contributed by atoms with E-state index >= 15 is 0 Å². The number of rotatable bonds is 6. The van der Waals surface area contributed by atoms with Gasteiger partial charge in [-0.3, -0.25) is 25.1 Å². The lowest BCUT2D eigenvalue weighted by molar-refractivity contribution is -0.384. The highest BCUT2D eigenvalue weighted by Gasteiger charge is 2.52. The quantitative estimate of drug-likeness (QED) is 0.450. The van der Waals surface area contributed by atoms with Crippen LogP contribution in [0.3, 0.4) is 0 Å². The van der Waals surface area contributed by atoms with Crippen molar-refractivity contribution in [2.75, 3.05) is 0 Å². The summed E-state index contributed by atoms with van der Waals surface area (Å²) < 4.78 is 0. The van der Waals surface area contributed by atoms with Gasteiger partial charge in [-0.1, -0.05) is 49.4 Å². The van der Waals surface area contributed by atoms with E-state index in [-0.39, 0.29) is 12.1 Å². The van der Waals surface area contributed by atoms with Crippen molar-refractivity contribution < 1.29 is 19.3 Å². The van der Waals surface area contributed by atoms with Gasteiger partial charge in [0.25, 0.3) is 11.6 Å². The molecule has 1 aliphatic rings. The second-order valence-corrected chi connectivity index (χ2v) is 6.33. The zero-order chi connectivity index (χ0) is 20.3. The number of nitrogens with one attached hydrogen (secondary N) is 2. The summed E-state index contributed by atoms with van der Waals surface area (Å²) in [6, 6.07) is 13.6. The average molecular weight is 382 g/mol. The lowest BCUT2D eigenvalue weighted by atomic mass is 9.87. The van der Waals surface area contributed by atoms with Crippen molar-refractivity contribution >= 4 is 23.5 Å². The number of nitro groups is 1. The van der Waals surface area contributed by atoms with Gasteiger partial charge in [-0.2, -0.15) is 5.01 Å². The van der Waals surface area contributed by atoms with E-state index in [1.807, 2.05) is 0 Å². The first-order valence-electron chi connectivity index (χ1n) is 8.62. The molecule has 0 aromatic heterocycles. The van der Waals surface area contributed by atoms with Crippen molar-refractivity contribution in [1.82, 2.24) is 15.8 Å². The van der Waals surface area contributed by atoms with Crippen molar-refractivity contribution in [3.05, 3.63) is 75.8 Å². The van der Waals surface area contributed by atoms with Crippen molar-refractivity contribution in [1.29, 1.82) is 0 Å². The molecule has 2 aromatic rings. The van der Waals surface area contributed by atoms with E-state index in [1.165, 1.54) is 24.3 Å². The predicted octanol–water partition coefficient (Wildman–Crippen LogP) is 2.03. The van der Waals surface area contributed by atoms with Gasteiger partial charge in [-0.05, 0) is 17.5 Å². The Morgan fingerprint density at radius 3 is 2.36 bits per heavy atom. The second-order valence-electron chi connectivity index (χ2n) is 6.33. The third-order valence-electron chi connectivity index (χ3n) is 4.64. The third kappa shape index (κ3) is 3.41. The molecule has 9 heteroatoms. The fourth-order valence-corrected chi connectivity index (χ4v) is 3.12. The molecule has 3 rings (SSSR count). The Morgan fingerprint density at radius 1 is 1.14 bits per heavy atom. The summed E-state index contributed by atoms with van der Waals surface area (Å²) in [5.74, 6) is -1.15. The normalized spacial score (nSPS) is 18.7. The number of imide groups is 1. The highest BCUT2D eigenvalue weighted by Crippen LogP contribution is 2.31. The summed E-state index contributed by atoms with van der Waals surface area (Å²) in [6.07, 6.45) is 0.176. The molecule has 144 valence electrons. The van der Waals surface area contributed by atoms with E-state index < -0.39 is 28.3 Å². The van der Waals surface area contributed by atoms with E-state index in [2.05, 4.69) is 10.7 Å². The minimum Gasteiger partial charge on any atom is -0.318 e. The maximum absolute atomic E-state index is 12.9. The Labute approximate surface area is 160 Å². The van der Waals surface area contributed by atoms with Gasteiger partial charge in [0.2, 0.25) is 5.91 Å². The Kier molecular flexibility index (Phi) is 5.08. The molecular formula is C19H18N4O5. The monoisotopic (exact) mass is 382 g/mol. The molecule has 1 fully saturated rings. The number of urea groups is 1. The molecule has 2 N–H and O–H groups in total.